The Labute approximate surface area is 121 Å². The third-order valence-electron chi connectivity index (χ3n) is 5.16. The summed E-state index contributed by atoms with van der Waals surface area (Å²) in [5.74, 6) is -0.169. The molecule has 3 rings (SSSR count). The second kappa shape index (κ2) is 5.62. The first kappa shape index (κ1) is 14.3. The minimum atomic E-state index is -0.462. The molecule has 20 heavy (non-hydrogen) atoms. The molecule has 5 heteroatoms. The van der Waals surface area contributed by atoms with Crippen molar-refractivity contribution in [3.05, 3.63) is 0 Å². The minimum absolute atomic E-state index is 0.169. The summed E-state index contributed by atoms with van der Waals surface area (Å²) in [6.45, 7) is 1.88. The Balaban J connectivity index is 1.57. The summed E-state index contributed by atoms with van der Waals surface area (Å²) in [7, 11) is 2.15. The van der Waals surface area contributed by atoms with E-state index < -0.39 is 5.54 Å². The molecule has 3 N–H and O–H groups in total. The van der Waals surface area contributed by atoms with Gasteiger partial charge in [0.25, 0.3) is 0 Å². The van der Waals surface area contributed by atoms with Gasteiger partial charge in [-0.1, -0.05) is 0 Å². The molecule has 0 aromatic rings. The number of nitrogens with zero attached hydrogens (tertiary/aromatic N) is 1. The highest BCUT2D eigenvalue weighted by molar-refractivity contribution is 5.85. The standard InChI is InChI=1S/C15H27N3O2/c1-18(10-13-3-2-8-20-13)12-6-7-15(9-12,14(16)19)17-11-4-5-11/h11-13,17H,2-10H2,1H3,(H2,16,19). The van der Waals surface area contributed by atoms with Crippen LogP contribution in [-0.2, 0) is 9.53 Å². The second-order valence-corrected chi connectivity index (χ2v) is 6.84. The van der Waals surface area contributed by atoms with Crippen LogP contribution in [0.3, 0.4) is 0 Å². The fourth-order valence-electron chi connectivity index (χ4n) is 3.70. The summed E-state index contributed by atoms with van der Waals surface area (Å²) in [6.07, 6.45) is 7.86. The van der Waals surface area contributed by atoms with Crippen LogP contribution in [0, 0.1) is 0 Å². The lowest BCUT2D eigenvalue weighted by Gasteiger charge is -2.30. The van der Waals surface area contributed by atoms with Gasteiger partial charge in [0.05, 0.1) is 11.6 Å². The van der Waals surface area contributed by atoms with Crippen molar-refractivity contribution in [2.75, 3.05) is 20.2 Å². The zero-order valence-corrected chi connectivity index (χ0v) is 12.4. The molecule has 3 atom stereocenters. The summed E-state index contributed by atoms with van der Waals surface area (Å²) in [5.41, 5.74) is 5.23. The van der Waals surface area contributed by atoms with Crippen molar-refractivity contribution >= 4 is 5.91 Å². The maximum atomic E-state index is 11.9. The van der Waals surface area contributed by atoms with Gasteiger partial charge in [0.15, 0.2) is 0 Å². The van der Waals surface area contributed by atoms with E-state index in [9.17, 15) is 4.79 Å². The van der Waals surface area contributed by atoms with E-state index in [0.717, 1.165) is 32.4 Å². The highest BCUT2D eigenvalue weighted by Crippen LogP contribution is 2.36. The number of nitrogens with two attached hydrogens (primary N) is 1. The van der Waals surface area contributed by atoms with Crippen LogP contribution < -0.4 is 11.1 Å². The van der Waals surface area contributed by atoms with Crippen LogP contribution in [0.4, 0.5) is 0 Å². The molecule has 0 aromatic heterocycles. The monoisotopic (exact) mass is 281 g/mol. The Bertz CT molecular complexity index is 366. The van der Waals surface area contributed by atoms with Gasteiger partial charge < -0.3 is 20.7 Å². The van der Waals surface area contributed by atoms with Gasteiger partial charge in [-0.15, -0.1) is 0 Å². The number of amides is 1. The predicted molar refractivity (Wildman–Crippen MR) is 77.3 cm³/mol. The molecule has 1 aliphatic heterocycles. The van der Waals surface area contributed by atoms with Crippen LogP contribution in [0.2, 0.25) is 0 Å². The summed E-state index contributed by atoms with van der Waals surface area (Å²) < 4.78 is 5.71. The summed E-state index contributed by atoms with van der Waals surface area (Å²) in [6, 6.07) is 0.961. The van der Waals surface area contributed by atoms with Crippen molar-refractivity contribution in [1.82, 2.24) is 10.2 Å². The molecule has 0 spiro atoms. The van der Waals surface area contributed by atoms with E-state index in [4.69, 9.17) is 10.5 Å². The molecule has 3 fully saturated rings. The molecule has 0 radical (unpaired) electrons. The maximum Gasteiger partial charge on any atom is 0.237 e. The number of hydrogen-bond donors (Lipinski definition) is 2. The predicted octanol–water partition coefficient (Wildman–Crippen LogP) is 0.626. The first-order chi connectivity index (χ1) is 9.59. The largest absolute Gasteiger partial charge is 0.377 e. The molecule has 1 saturated heterocycles. The van der Waals surface area contributed by atoms with Crippen molar-refractivity contribution in [2.45, 2.75) is 68.7 Å². The van der Waals surface area contributed by atoms with Gasteiger partial charge in [-0.05, 0) is 52.0 Å². The van der Waals surface area contributed by atoms with E-state index in [-0.39, 0.29) is 5.91 Å². The van der Waals surface area contributed by atoms with Gasteiger partial charge in [-0.3, -0.25) is 4.79 Å². The van der Waals surface area contributed by atoms with Crippen LogP contribution in [0.15, 0.2) is 0 Å². The van der Waals surface area contributed by atoms with E-state index in [1.807, 2.05) is 0 Å². The van der Waals surface area contributed by atoms with Crippen LogP contribution in [0.1, 0.15) is 44.9 Å². The van der Waals surface area contributed by atoms with Crippen molar-refractivity contribution in [3.8, 4) is 0 Å². The fraction of sp³-hybridized carbons (Fsp3) is 0.933. The number of carbonyl (C=O) groups excluding carboxylic acids is 1. The number of likely N-dealkylation sites (N-methyl/N-ethyl adjacent to an activating group) is 1. The first-order valence-electron chi connectivity index (χ1n) is 7.98. The SMILES string of the molecule is CN(CC1CCCO1)C1CCC(NC2CC2)(C(N)=O)C1. The Hall–Kier alpha value is -0.650. The summed E-state index contributed by atoms with van der Waals surface area (Å²) in [4.78, 5) is 14.3. The van der Waals surface area contributed by atoms with E-state index >= 15 is 0 Å². The van der Waals surface area contributed by atoms with Crippen LogP contribution >= 0.6 is 0 Å². The number of ether oxygens (including phenoxy) is 1. The van der Waals surface area contributed by atoms with Crippen molar-refractivity contribution in [1.29, 1.82) is 0 Å². The molecule has 0 bridgehead atoms. The Kier molecular flexibility index (Phi) is 4.02. The lowest BCUT2D eigenvalue weighted by atomic mass is 9.96. The molecule has 114 valence electrons. The normalized spacial score (nSPS) is 37.7. The molecule has 2 saturated carbocycles. The van der Waals surface area contributed by atoms with Crippen LogP contribution in [0.5, 0.6) is 0 Å². The number of hydrogen-bond acceptors (Lipinski definition) is 4. The average Bonchev–Trinajstić information content (AvgIpc) is 2.91. The van der Waals surface area contributed by atoms with E-state index in [2.05, 4.69) is 17.3 Å². The van der Waals surface area contributed by atoms with Crippen molar-refractivity contribution in [3.63, 3.8) is 0 Å². The lowest BCUT2D eigenvalue weighted by Crippen LogP contribution is -2.55. The third kappa shape index (κ3) is 3.00. The number of rotatable bonds is 6. The molecule has 5 nitrogen and oxygen atoms in total. The highest BCUT2D eigenvalue weighted by Gasteiger charge is 2.47. The number of primary amides is 1. The molecule has 1 heterocycles. The van der Waals surface area contributed by atoms with Gasteiger partial charge in [-0.2, -0.15) is 0 Å². The number of nitrogens with one attached hydrogen (secondary N) is 1. The van der Waals surface area contributed by atoms with Crippen molar-refractivity contribution < 1.29 is 9.53 Å². The van der Waals surface area contributed by atoms with Crippen molar-refractivity contribution in [2.24, 2.45) is 5.73 Å². The topological polar surface area (TPSA) is 67.6 Å². The summed E-state index contributed by atoms with van der Waals surface area (Å²) in [5, 5.41) is 3.51. The van der Waals surface area contributed by atoms with Gasteiger partial charge >= 0.3 is 0 Å². The summed E-state index contributed by atoms with van der Waals surface area (Å²) >= 11 is 0. The number of carbonyl (C=O) groups is 1. The van der Waals surface area contributed by atoms with Gasteiger partial charge in [0, 0.05) is 25.2 Å². The molecule has 2 aliphatic carbocycles. The molecular formula is C15H27N3O2. The third-order valence-corrected chi connectivity index (χ3v) is 5.16. The minimum Gasteiger partial charge on any atom is -0.377 e. The van der Waals surface area contributed by atoms with Gasteiger partial charge in [-0.25, -0.2) is 0 Å². The van der Waals surface area contributed by atoms with E-state index in [0.29, 0.717) is 18.2 Å². The van der Waals surface area contributed by atoms with Gasteiger partial charge in [0.1, 0.15) is 0 Å². The molecule has 3 unspecified atom stereocenters. The molecule has 1 amide bonds. The average molecular weight is 281 g/mol. The Morgan fingerprint density at radius 2 is 2.20 bits per heavy atom. The Morgan fingerprint density at radius 1 is 1.40 bits per heavy atom. The Morgan fingerprint density at radius 3 is 2.80 bits per heavy atom. The van der Waals surface area contributed by atoms with Crippen LogP contribution in [-0.4, -0.2) is 54.7 Å². The fourth-order valence-corrected chi connectivity index (χ4v) is 3.70. The molecule has 0 aromatic carbocycles. The molecular weight excluding hydrogens is 254 g/mol. The zero-order valence-electron chi connectivity index (χ0n) is 12.4. The molecule has 3 aliphatic rings. The van der Waals surface area contributed by atoms with E-state index in [1.165, 1.54) is 25.7 Å². The maximum absolute atomic E-state index is 11.9. The second-order valence-electron chi connectivity index (χ2n) is 6.84. The quantitative estimate of drug-likeness (QED) is 0.749. The van der Waals surface area contributed by atoms with Gasteiger partial charge in [0.2, 0.25) is 5.91 Å². The lowest BCUT2D eigenvalue weighted by molar-refractivity contribution is -0.124. The highest BCUT2D eigenvalue weighted by atomic mass is 16.5. The van der Waals surface area contributed by atoms with Crippen LogP contribution in [0.25, 0.3) is 0 Å². The first-order valence-corrected chi connectivity index (χ1v) is 7.98. The zero-order chi connectivity index (χ0) is 14.2. The smallest absolute Gasteiger partial charge is 0.237 e. The van der Waals surface area contributed by atoms with E-state index in [1.54, 1.807) is 0 Å².